The number of benzene rings is 1. The zero-order chi connectivity index (χ0) is 21.8. The van der Waals surface area contributed by atoms with Crippen LogP contribution in [-0.2, 0) is 6.54 Å². The number of hydrogen-bond donors (Lipinski definition) is 1. The van der Waals surface area contributed by atoms with Gasteiger partial charge in [0, 0.05) is 41.6 Å². The van der Waals surface area contributed by atoms with E-state index in [0.717, 1.165) is 40.6 Å². The van der Waals surface area contributed by atoms with Crippen LogP contribution in [0.5, 0.6) is 5.88 Å². The summed E-state index contributed by atoms with van der Waals surface area (Å²) in [5.41, 5.74) is 3.89. The van der Waals surface area contributed by atoms with Crippen LogP contribution in [0.15, 0.2) is 73.2 Å². The van der Waals surface area contributed by atoms with Gasteiger partial charge in [-0.05, 0) is 56.0 Å². The smallest absolute Gasteiger partial charge is 0.252 e. The van der Waals surface area contributed by atoms with Crippen molar-refractivity contribution in [1.82, 2.24) is 20.3 Å². The van der Waals surface area contributed by atoms with Crippen LogP contribution in [0, 0.1) is 0 Å². The van der Waals surface area contributed by atoms with Gasteiger partial charge in [0.25, 0.3) is 5.91 Å². The molecule has 0 bridgehead atoms. The summed E-state index contributed by atoms with van der Waals surface area (Å²) >= 11 is 0. The molecule has 5 rings (SSSR count). The Morgan fingerprint density at radius 2 is 1.81 bits per heavy atom. The van der Waals surface area contributed by atoms with Gasteiger partial charge in [-0.2, -0.15) is 0 Å². The molecule has 1 aliphatic carbocycles. The van der Waals surface area contributed by atoms with Gasteiger partial charge in [0.2, 0.25) is 5.88 Å². The normalized spacial score (nSPS) is 13.9. The van der Waals surface area contributed by atoms with Gasteiger partial charge in [0.05, 0.1) is 16.8 Å². The second kappa shape index (κ2) is 9.14. The van der Waals surface area contributed by atoms with Crippen molar-refractivity contribution in [2.75, 3.05) is 0 Å². The molecule has 0 aliphatic heterocycles. The maximum atomic E-state index is 13.3. The third-order valence-corrected chi connectivity index (χ3v) is 5.81. The molecule has 1 N–H and O–H groups in total. The van der Waals surface area contributed by atoms with Crippen LogP contribution < -0.4 is 10.1 Å². The van der Waals surface area contributed by atoms with Crippen molar-refractivity contribution in [2.24, 2.45) is 0 Å². The molecule has 1 fully saturated rings. The minimum atomic E-state index is -0.158. The van der Waals surface area contributed by atoms with Crippen LogP contribution in [0.25, 0.3) is 22.2 Å². The Morgan fingerprint density at radius 1 is 1.00 bits per heavy atom. The Kier molecular flexibility index (Phi) is 5.75. The van der Waals surface area contributed by atoms with Crippen LogP contribution >= 0.6 is 0 Å². The van der Waals surface area contributed by atoms with Gasteiger partial charge in [0.15, 0.2) is 0 Å². The maximum absolute atomic E-state index is 13.3. The van der Waals surface area contributed by atoms with E-state index in [1.807, 2.05) is 54.6 Å². The van der Waals surface area contributed by atoms with Gasteiger partial charge in [-0.1, -0.05) is 24.3 Å². The number of pyridine rings is 3. The van der Waals surface area contributed by atoms with E-state index in [0.29, 0.717) is 18.0 Å². The molecule has 1 amide bonds. The first-order valence-corrected chi connectivity index (χ1v) is 11.0. The minimum absolute atomic E-state index is 0.158. The molecule has 0 spiro atoms. The molecule has 1 aliphatic rings. The van der Waals surface area contributed by atoms with E-state index in [-0.39, 0.29) is 12.0 Å². The number of aromatic nitrogens is 3. The highest BCUT2D eigenvalue weighted by atomic mass is 16.5. The highest BCUT2D eigenvalue weighted by Gasteiger charge is 2.19. The zero-order valence-electron chi connectivity index (χ0n) is 17.7. The quantitative estimate of drug-likeness (QED) is 0.474. The maximum Gasteiger partial charge on any atom is 0.252 e. The summed E-state index contributed by atoms with van der Waals surface area (Å²) < 4.78 is 6.11. The molecule has 0 unspecified atom stereocenters. The Bertz CT molecular complexity index is 1240. The molecule has 0 atom stereocenters. The lowest BCUT2D eigenvalue weighted by molar-refractivity contribution is 0.0952. The number of para-hydroxylation sites is 1. The van der Waals surface area contributed by atoms with Crippen molar-refractivity contribution in [3.63, 3.8) is 0 Å². The molecule has 6 nitrogen and oxygen atoms in total. The largest absolute Gasteiger partial charge is 0.474 e. The van der Waals surface area contributed by atoms with E-state index in [1.165, 1.54) is 12.8 Å². The van der Waals surface area contributed by atoms with Crippen LogP contribution in [0.1, 0.15) is 41.6 Å². The number of carbonyl (C=O) groups is 1. The lowest BCUT2D eigenvalue weighted by atomic mass is 10.0. The number of rotatable bonds is 6. The van der Waals surface area contributed by atoms with E-state index in [4.69, 9.17) is 9.72 Å². The van der Waals surface area contributed by atoms with Crippen LogP contribution in [0.3, 0.4) is 0 Å². The van der Waals surface area contributed by atoms with Crippen molar-refractivity contribution in [3.05, 3.63) is 84.3 Å². The molecule has 1 saturated carbocycles. The molecule has 1 aromatic carbocycles. The van der Waals surface area contributed by atoms with Crippen molar-refractivity contribution < 1.29 is 9.53 Å². The number of amides is 1. The highest BCUT2D eigenvalue weighted by molar-refractivity contribution is 6.07. The molecule has 160 valence electrons. The standard InChI is InChI=1S/C26H24N4O2/c31-25(29-17-19-6-5-13-28-26(19)32-20-7-1-2-8-20)22-16-24(18-11-14-27-15-12-18)30-23-10-4-3-9-21(22)23/h3-6,9-16,20H,1-2,7-8,17H2,(H,29,31). The first-order valence-electron chi connectivity index (χ1n) is 11.0. The molecule has 3 aromatic heterocycles. The van der Waals surface area contributed by atoms with Gasteiger partial charge >= 0.3 is 0 Å². The fourth-order valence-electron chi connectivity index (χ4n) is 4.13. The van der Waals surface area contributed by atoms with Gasteiger partial charge in [-0.3, -0.25) is 9.78 Å². The molecular formula is C26H24N4O2. The van der Waals surface area contributed by atoms with E-state index in [2.05, 4.69) is 15.3 Å². The highest BCUT2D eigenvalue weighted by Crippen LogP contribution is 2.26. The van der Waals surface area contributed by atoms with Crippen molar-refractivity contribution in [1.29, 1.82) is 0 Å². The summed E-state index contributed by atoms with van der Waals surface area (Å²) in [5.74, 6) is 0.450. The lowest BCUT2D eigenvalue weighted by Gasteiger charge is -2.16. The molecule has 4 aromatic rings. The summed E-state index contributed by atoms with van der Waals surface area (Å²) in [4.78, 5) is 26.5. The van der Waals surface area contributed by atoms with Crippen LogP contribution in [0.4, 0.5) is 0 Å². The number of nitrogens with one attached hydrogen (secondary N) is 1. The van der Waals surface area contributed by atoms with E-state index in [1.54, 1.807) is 18.6 Å². The summed E-state index contributed by atoms with van der Waals surface area (Å²) in [7, 11) is 0. The molecule has 32 heavy (non-hydrogen) atoms. The number of nitrogens with zero attached hydrogens (tertiary/aromatic N) is 3. The Hall–Kier alpha value is -3.80. The first-order chi connectivity index (χ1) is 15.8. The second-order valence-electron chi connectivity index (χ2n) is 7.98. The third kappa shape index (κ3) is 4.30. The number of fused-ring (bicyclic) bond motifs is 1. The van der Waals surface area contributed by atoms with E-state index >= 15 is 0 Å². The van der Waals surface area contributed by atoms with Gasteiger partial charge in [-0.15, -0.1) is 0 Å². The van der Waals surface area contributed by atoms with Gasteiger partial charge in [-0.25, -0.2) is 9.97 Å². The fourth-order valence-corrected chi connectivity index (χ4v) is 4.13. The van der Waals surface area contributed by atoms with E-state index in [9.17, 15) is 4.79 Å². The first kappa shape index (κ1) is 20.1. The topological polar surface area (TPSA) is 77.0 Å². The molecule has 3 heterocycles. The average molecular weight is 425 g/mol. The SMILES string of the molecule is O=C(NCc1cccnc1OC1CCCC1)c1cc(-c2ccncc2)nc2ccccc12. The predicted molar refractivity (Wildman–Crippen MR) is 123 cm³/mol. The molecule has 0 radical (unpaired) electrons. The molecular weight excluding hydrogens is 400 g/mol. The Morgan fingerprint density at radius 3 is 2.66 bits per heavy atom. The number of hydrogen-bond acceptors (Lipinski definition) is 5. The van der Waals surface area contributed by atoms with E-state index < -0.39 is 0 Å². The summed E-state index contributed by atoms with van der Waals surface area (Å²) in [6.07, 6.45) is 9.89. The lowest BCUT2D eigenvalue weighted by Crippen LogP contribution is -2.24. The number of carbonyl (C=O) groups excluding carboxylic acids is 1. The van der Waals surface area contributed by atoms with Gasteiger partial charge in [0.1, 0.15) is 6.10 Å². The Balaban J connectivity index is 1.41. The molecule has 6 heteroatoms. The zero-order valence-corrected chi connectivity index (χ0v) is 17.7. The van der Waals surface area contributed by atoms with Crippen LogP contribution in [0.2, 0.25) is 0 Å². The summed E-state index contributed by atoms with van der Waals surface area (Å²) in [5, 5.41) is 3.87. The monoisotopic (exact) mass is 424 g/mol. The van der Waals surface area contributed by atoms with Crippen molar-refractivity contribution in [2.45, 2.75) is 38.3 Å². The fraction of sp³-hybridized carbons (Fsp3) is 0.231. The minimum Gasteiger partial charge on any atom is -0.474 e. The van der Waals surface area contributed by atoms with Crippen LogP contribution in [-0.4, -0.2) is 27.0 Å². The predicted octanol–water partition coefficient (Wildman–Crippen LogP) is 4.94. The van der Waals surface area contributed by atoms with Crippen molar-refractivity contribution in [3.8, 4) is 17.1 Å². The summed E-state index contributed by atoms with van der Waals surface area (Å²) in [6, 6.07) is 17.1. The Labute approximate surface area is 186 Å². The van der Waals surface area contributed by atoms with Gasteiger partial charge < -0.3 is 10.1 Å². The third-order valence-electron chi connectivity index (χ3n) is 5.81. The average Bonchev–Trinajstić information content (AvgIpc) is 3.36. The molecule has 0 saturated heterocycles. The number of ether oxygens (including phenoxy) is 1. The van der Waals surface area contributed by atoms with Crippen molar-refractivity contribution >= 4 is 16.8 Å². The second-order valence-corrected chi connectivity index (χ2v) is 7.98. The summed E-state index contributed by atoms with van der Waals surface area (Å²) in [6.45, 7) is 0.343.